The molecule has 0 saturated heterocycles. The van der Waals surface area contributed by atoms with Crippen LogP contribution in [0.5, 0.6) is 0 Å². The molecule has 0 heterocycles. The SMILES string of the molecule is CC(=O)Nc1ccc2c(c1)C(=O)C(=O)C(O)C2=O. The zero-order chi connectivity index (χ0) is 13.4. The van der Waals surface area contributed by atoms with Gasteiger partial charge in [-0.1, -0.05) is 0 Å². The molecule has 0 spiro atoms. The van der Waals surface area contributed by atoms with Crippen molar-refractivity contribution in [3.05, 3.63) is 29.3 Å². The Morgan fingerprint density at radius 3 is 2.44 bits per heavy atom. The zero-order valence-corrected chi connectivity index (χ0v) is 9.39. The maximum atomic E-state index is 11.6. The van der Waals surface area contributed by atoms with Crippen LogP contribution in [-0.4, -0.2) is 34.5 Å². The van der Waals surface area contributed by atoms with Crippen molar-refractivity contribution in [2.45, 2.75) is 13.0 Å². The molecule has 1 aromatic carbocycles. The number of aliphatic hydroxyl groups is 1. The van der Waals surface area contributed by atoms with E-state index in [1.165, 1.54) is 25.1 Å². The number of amides is 1. The average molecular weight is 247 g/mol. The third-order valence-electron chi connectivity index (χ3n) is 2.57. The van der Waals surface area contributed by atoms with E-state index in [0.717, 1.165) is 0 Å². The first-order chi connectivity index (χ1) is 8.41. The summed E-state index contributed by atoms with van der Waals surface area (Å²) in [5.41, 5.74) is 0.203. The first kappa shape index (κ1) is 12.1. The van der Waals surface area contributed by atoms with Gasteiger partial charge in [0.05, 0.1) is 0 Å². The molecule has 0 fully saturated rings. The zero-order valence-electron chi connectivity index (χ0n) is 9.39. The Kier molecular flexibility index (Phi) is 2.80. The second-order valence-corrected chi connectivity index (χ2v) is 3.90. The van der Waals surface area contributed by atoms with Crippen molar-refractivity contribution >= 4 is 28.9 Å². The fourth-order valence-corrected chi connectivity index (χ4v) is 1.75. The standard InChI is InChI=1S/C12H9NO5/c1-5(14)13-6-2-3-7-8(4-6)10(16)12(18)11(17)9(7)15/h2-4,11,17H,1H3,(H,13,14). The molecule has 0 saturated carbocycles. The molecule has 0 radical (unpaired) electrons. The Morgan fingerprint density at radius 2 is 1.83 bits per heavy atom. The molecule has 1 aliphatic carbocycles. The van der Waals surface area contributed by atoms with Crippen molar-refractivity contribution < 1.29 is 24.3 Å². The molecule has 2 rings (SSSR count). The molecule has 1 unspecified atom stereocenters. The summed E-state index contributed by atoms with van der Waals surface area (Å²) in [6.45, 7) is 1.29. The molecule has 1 amide bonds. The Balaban J connectivity index is 2.53. The number of hydrogen-bond donors (Lipinski definition) is 2. The van der Waals surface area contributed by atoms with E-state index in [4.69, 9.17) is 0 Å². The highest BCUT2D eigenvalue weighted by atomic mass is 16.3. The third kappa shape index (κ3) is 1.82. The normalized spacial score (nSPS) is 18.6. The lowest BCUT2D eigenvalue weighted by molar-refractivity contribution is -0.120. The van der Waals surface area contributed by atoms with Crippen molar-refractivity contribution in [3.8, 4) is 0 Å². The van der Waals surface area contributed by atoms with Gasteiger partial charge in [-0.25, -0.2) is 0 Å². The van der Waals surface area contributed by atoms with E-state index in [9.17, 15) is 24.3 Å². The number of ketones is 3. The van der Waals surface area contributed by atoms with E-state index in [2.05, 4.69) is 5.32 Å². The highest BCUT2D eigenvalue weighted by Crippen LogP contribution is 2.23. The van der Waals surface area contributed by atoms with Crippen LogP contribution in [0, 0.1) is 0 Å². The van der Waals surface area contributed by atoms with Crippen LogP contribution >= 0.6 is 0 Å². The van der Waals surface area contributed by atoms with Gasteiger partial charge in [-0.3, -0.25) is 19.2 Å². The summed E-state index contributed by atoms with van der Waals surface area (Å²) in [5, 5.41) is 11.7. The number of hydrogen-bond acceptors (Lipinski definition) is 5. The first-order valence-corrected chi connectivity index (χ1v) is 5.14. The molecule has 1 aromatic rings. The summed E-state index contributed by atoms with van der Waals surface area (Å²) in [6.07, 6.45) is -1.92. The number of carbonyl (C=O) groups is 4. The van der Waals surface area contributed by atoms with E-state index in [1.807, 2.05) is 0 Å². The fourth-order valence-electron chi connectivity index (χ4n) is 1.75. The summed E-state index contributed by atoms with van der Waals surface area (Å²) >= 11 is 0. The molecule has 18 heavy (non-hydrogen) atoms. The van der Waals surface area contributed by atoms with Crippen molar-refractivity contribution in [1.82, 2.24) is 0 Å². The van der Waals surface area contributed by atoms with Crippen molar-refractivity contribution in [1.29, 1.82) is 0 Å². The van der Waals surface area contributed by atoms with Gasteiger partial charge in [-0.2, -0.15) is 0 Å². The molecule has 1 atom stereocenters. The molecular formula is C12H9NO5. The van der Waals surface area contributed by atoms with Crippen molar-refractivity contribution in [2.24, 2.45) is 0 Å². The predicted molar refractivity (Wildman–Crippen MR) is 60.4 cm³/mol. The number of rotatable bonds is 1. The molecule has 0 bridgehead atoms. The predicted octanol–water partition coefficient (Wildman–Crippen LogP) is -0.0460. The van der Waals surface area contributed by atoms with Crippen LogP contribution in [0.4, 0.5) is 5.69 Å². The maximum Gasteiger partial charge on any atom is 0.239 e. The lowest BCUT2D eigenvalue weighted by Crippen LogP contribution is -2.41. The van der Waals surface area contributed by atoms with Gasteiger partial charge in [0.2, 0.25) is 17.5 Å². The van der Waals surface area contributed by atoms with Gasteiger partial charge in [0.25, 0.3) is 0 Å². The van der Waals surface area contributed by atoms with E-state index < -0.39 is 23.5 Å². The van der Waals surface area contributed by atoms with Gasteiger partial charge in [0.1, 0.15) is 0 Å². The molecular weight excluding hydrogens is 238 g/mol. The highest BCUT2D eigenvalue weighted by Gasteiger charge is 2.39. The first-order valence-electron chi connectivity index (χ1n) is 5.14. The summed E-state index contributed by atoms with van der Waals surface area (Å²) in [6, 6.07) is 3.98. The molecule has 0 aliphatic heterocycles. The molecule has 6 nitrogen and oxygen atoms in total. The van der Waals surface area contributed by atoms with E-state index in [0.29, 0.717) is 5.69 Å². The minimum Gasteiger partial charge on any atom is -0.377 e. The summed E-state index contributed by atoms with van der Waals surface area (Å²) in [5.74, 6) is -3.21. The van der Waals surface area contributed by atoms with Crippen molar-refractivity contribution in [3.63, 3.8) is 0 Å². The highest BCUT2D eigenvalue weighted by molar-refractivity contribution is 6.53. The second kappa shape index (κ2) is 4.15. The van der Waals surface area contributed by atoms with E-state index in [1.54, 1.807) is 0 Å². The molecule has 2 N–H and O–H groups in total. The number of nitrogens with one attached hydrogen (secondary N) is 1. The van der Waals surface area contributed by atoms with Gasteiger partial charge in [0.15, 0.2) is 11.9 Å². The minimum absolute atomic E-state index is 0.0128. The number of fused-ring (bicyclic) bond motifs is 1. The van der Waals surface area contributed by atoms with Crippen LogP contribution in [0.1, 0.15) is 27.6 Å². The van der Waals surface area contributed by atoms with Crippen LogP contribution in [0.15, 0.2) is 18.2 Å². The minimum atomic E-state index is -1.92. The number of Topliss-reactive ketones (excluding diaryl/α,β-unsaturated/α-hetero) is 3. The lowest BCUT2D eigenvalue weighted by Gasteiger charge is -2.17. The van der Waals surface area contributed by atoms with E-state index >= 15 is 0 Å². The summed E-state index contributed by atoms with van der Waals surface area (Å²) in [4.78, 5) is 45.4. The summed E-state index contributed by atoms with van der Waals surface area (Å²) < 4.78 is 0. The number of benzene rings is 1. The quantitative estimate of drug-likeness (QED) is 0.535. The van der Waals surface area contributed by atoms with Crippen LogP contribution in [0.3, 0.4) is 0 Å². The molecule has 1 aliphatic rings. The topological polar surface area (TPSA) is 101 Å². The van der Waals surface area contributed by atoms with Gasteiger partial charge < -0.3 is 10.4 Å². The van der Waals surface area contributed by atoms with Gasteiger partial charge in [-0.05, 0) is 18.2 Å². The number of anilines is 1. The van der Waals surface area contributed by atoms with Crippen LogP contribution in [0.2, 0.25) is 0 Å². The lowest BCUT2D eigenvalue weighted by atomic mass is 9.86. The Bertz CT molecular complexity index is 590. The molecule has 92 valence electrons. The Hall–Kier alpha value is -2.34. The average Bonchev–Trinajstić information content (AvgIpc) is 2.33. The van der Waals surface area contributed by atoms with Gasteiger partial charge >= 0.3 is 0 Å². The van der Waals surface area contributed by atoms with Gasteiger partial charge in [-0.15, -0.1) is 0 Å². The largest absolute Gasteiger partial charge is 0.377 e. The van der Waals surface area contributed by atoms with Crippen LogP contribution in [0.25, 0.3) is 0 Å². The number of carbonyl (C=O) groups excluding carboxylic acids is 4. The van der Waals surface area contributed by atoms with Gasteiger partial charge in [0, 0.05) is 23.7 Å². The maximum absolute atomic E-state index is 11.6. The van der Waals surface area contributed by atoms with Crippen molar-refractivity contribution in [2.75, 3.05) is 5.32 Å². The third-order valence-corrected chi connectivity index (χ3v) is 2.57. The van der Waals surface area contributed by atoms with E-state index in [-0.39, 0.29) is 17.0 Å². The monoisotopic (exact) mass is 247 g/mol. The second-order valence-electron chi connectivity index (χ2n) is 3.90. The molecule has 0 aromatic heterocycles. The van der Waals surface area contributed by atoms with Crippen LogP contribution in [-0.2, 0) is 9.59 Å². The van der Waals surface area contributed by atoms with Crippen LogP contribution < -0.4 is 5.32 Å². The Morgan fingerprint density at radius 1 is 1.17 bits per heavy atom. The number of aliphatic hydroxyl groups excluding tert-OH is 1. The smallest absolute Gasteiger partial charge is 0.239 e. The Labute approximate surface area is 102 Å². The molecule has 6 heteroatoms. The fraction of sp³-hybridized carbons (Fsp3) is 0.167. The summed E-state index contributed by atoms with van der Waals surface area (Å²) in [7, 11) is 0.